The first-order valence-electron chi connectivity index (χ1n) is 6.94. The fourth-order valence-electron chi connectivity index (χ4n) is 2.29. The maximum atomic E-state index is 12.0. The van der Waals surface area contributed by atoms with Crippen molar-refractivity contribution in [1.82, 2.24) is 4.31 Å². The van der Waals surface area contributed by atoms with Crippen LogP contribution in [0.15, 0.2) is 18.2 Å². The minimum atomic E-state index is -3.29. The summed E-state index contributed by atoms with van der Waals surface area (Å²) in [6, 6.07) is 5.65. The maximum Gasteiger partial charge on any atom is 0.225 e. The van der Waals surface area contributed by atoms with Crippen molar-refractivity contribution in [2.75, 3.05) is 18.1 Å². The summed E-state index contributed by atoms with van der Waals surface area (Å²) in [5, 5.41) is 2.81. The fourth-order valence-corrected chi connectivity index (χ4v) is 3.48. The van der Waals surface area contributed by atoms with Crippen LogP contribution in [0.1, 0.15) is 31.4 Å². The second-order valence-electron chi connectivity index (χ2n) is 5.64. The van der Waals surface area contributed by atoms with E-state index in [0.717, 1.165) is 23.1 Å². The van der Waals surface area contributed by atoms with Gasteiger partial charge in [-0.05, 0) is 51.0 Å². The molecular weight excluding hydrogens is 288 g/mol. The van der Waals surface area contributed by atoms with Crippen LogP contribution in [0.4, 0.5) is 5.69 Å². The van der Waals surface area contributed by atoms with E-state index in [1.807, 2.05) is 32.0 Å². The minimum absolute atomic E-state index is 0.137. The zero-order chi connectivity index (χ0) is 16.2. The Morgan fingerprint density at radius 1 is 1.19 bits per heavy atom. The zero-order valence-corrected chi connectivity index (χ0v) is 14.1. The highest BCUT2D eigenvalue weighted by Gasteiger charge is 2.20. The molecule has 6 heteroatoms. The van der Waals surface area contributed by atoms with Gasteiger partial charge in [0.15, 0.2) is 0 Å². The van der Waals surface area contributed by atoms with Crippen LogP contribution in [-0.4, -0.2) is 37.5 Å². The lowest BCUT2D eigenvalue weighted by atomic mass is 10.1. The fraction of sp³-hybridized carbons (Fsp3) is 0.533. The third-order valence-corrected chi connectivity index (χ3v) is 4.52. The predicted octanol–water partition coefficient (Wildman–Crippen LogP) is 2.30. The first-order chi connectivity index (χ1) is 9.59. The molecule has 0 aromatic heterocycles. The van der Waals surface area contributed by atoms with E-state index in [1.54, 1.807) is 13.8 Å². The molecule has 0 fully saturated rings. The predicted molar refractivity (Wildman–Crippen MR) is 85.8 cm³/mol. The van der Waals surface area contributed by atoms with Gasteiger partial charge in [-0.3, -0.25) is 4.79 Å². The van der Waals surface area contributed by atoms with Gasteiger partial charge in [0, 0.05) is 24.7 Å². The molecule has 1 amide bonds. The molecule has 0 aliphatic carbocycles. The van der Waals surface area contributed by atoms with Crippen LogP contribution in [0.5, 0.6) is 0 Å². The summed E-state index contributed by atoms with van der Waals surface area (Å²) < 4.78 is 24.6. The number of amides is 1. The molecule has 1 rings (SSSR count). The Balaban J connectivity index is 2.65. The third kappa shape index (κ3) is 5.85. The Kier molecular flexibility index (Phi) is 5.92. The smallest absolute Gasteiger partial charge is 0.225 e. The number of sulfonamides is 1. The van der Waals surface area contributed by atoms with Crippen molar-refractivity contribution in [2.24, 2.45) is 0 Å². The van der Waals surface area contributed by atoms with E-state index in [9.17, 15) is 13.2 Å². The summed E-state index contributed by atoms with van der Waals surface area (Å²) in [4.78, 5) is 12.0. The first-order valence-corrected chi connectivity index (χ1v) is 8.79. The minimum Gasteiger partial charge on any atom is -0.326 e. The average molecular weight is 312 g/mol. The van der Waals surface area contributed by atoms with Gasteiger partial charge in [0.2, 0.25) is 15.9 Å². The van der Waals surface area contributed by atoms with Crippen molar-refractivity contribution in [3.63, 3.8) is 0 Å². The van der Waals surface area contributed by atoms with Crippen molar-refractivity contribution >= 4 is 21.6 Å². The SMILES string of the molecule is Cc1cc(C)cc(NC(=O)CCN(C(C)C)S(C)(=O)=O)c1. The highest BCUT2D eigenvalue weighted by atomic mass is 32.2. The lowest BCUT2D eigenvalue weighted by Gasteiger charge is -2.23. The van der Waals surface area contributed by atoms with Crippen LogP contribution in [-0.2, 0) is 14.8 Å². The van der Waals surface area contributed by atoms with Gasteiger partial charge in [-0.1, -0.05) is 6.07 Å². The molecule has 1 aromatic carbocycles. The quantitative estimate of drug-likeness (QED) is 0.876. The van der Waals surface area contributed by atoms with E-state index >= 15 is 0 Å². The van der Waals surface area contributed by atoms with Crippen LogP contribution in [0.25, 0.3) is 0 Å². The van der Waals surface area contributed by atoms with Crippen LogP contribution in [0.2, 0.25) is 0 Å². The van der Waals surface area contributed by atoms with Crippen LogP contribution < -0.4 is 5.32 Å². The second-order valence-corrected chi connectivity index (χ2v) is 7.58. The van der Waals surface area contributed by atoms with Crippen molar-refractivity contribution in [3.05, 3.63) is 29.3 Å². The van der Waals surface area contributed by atoms with Gasteiger partial charge in [0.05, 0.1) is 6.26 Å². The number of nitrogens with one attached hydrogen (secondary N) is 1. The van der Waals surface area contributed by atoms with E-state index in [4.69, 9.17) is 0 Å². The number of nitrogens with zero attached hydrogens (tertiary/aromatic N) is 1. The average Bonchev–Trinajstić information content (AvgIpc) is 2.24. The monoisotopic (exact) mass is 312 g/mol. The molecule has 0 heterocycles. The zero-order valence-electron chi connectivity index (χ0n) is 13.3. The van der Waals surface area contributed by atoms with Crippen molar-refractivity contribution in [1.29, 1.82) is 0 Å². The molecule has 0 saturated carbocycles. The highest BCUT2D eigenvalue weighted by molar-refractivity contribution is 7.88. The van der Waals surface area contributed by atoms with Gasteiger partial charge in [0.1, 0.15) is 0 Å². The molecule has 1 aromatic rings. The Morgan fingerprint density at radius 3 is 2.14 bits per heavy atom. The number of carbonyl (C=O) groups is 1. The van der Waals surface area contributed by atoms with Gasteiger partial charge < -0.3 is 5.32 Å². The molecule has 0 radical (unpaired) electrons. The van der Waals surface area contributed by atoms with Crippen LogP contribution in [0, 0.1) is 13.8 Å². The normalized spacial score (nSPS) is 12.0. The molecule has 1 N–H and O–H groups in total. The summed E-state index contributed by atoms with van der Waals surface area (Å²) >= 11 is 0. The number of carbonyl (C=O) groups excluding carboxylic acids is 1. The molecule has 0 saturated heterocycles. The lowest BCUT2D eigenvalue weighted by molar-refractivity contribution is -0.116. The van der Waals surface area contributed by atoms with E-state index in [0.29, 0.717) is 0 Å². The molecule has 21 heavy (non-hydrogen) atoms. The number of anilines is 1. The molecule has 0 aliphatic heterocycles. The molecule has 0 atom stereocenters. The molecule has 5 nitrogen and oxygen atoms in total. The summed E-state index contributed by atoms with van der Waals surface area (Å²) in [5.41, 5.74) is 2.89. The number of rotatable bonds is 6. The van der Waals surface area contributed by atoms with Crippen LogP contribution in [0.3, 0.4) is 0 Å². The summed E-state index contributed by atoms with van der Waals surface area (Å²) in [5.74, 6) is -0.186. The lowest BCUT2D eigenvalue weighted by Crippen LogP contribution is -2.38. The molecule has 0 unspecified atom stereocenters. The Morgan fingerprint density at radius 2 is 1.71 bits per heavy atom. The molecular formula is C15H24N2O3S. The molecule has 118 valence electrons. The first kappa shape index (κ1) is 17.7. The number of aryl methyl sites for hydroxylation is 2. The Hall–Kier alpha value is -1.40. The second kappa shape index (κ2) is 7.04. The van der Waals surface area contributed by atoms with Gasteiger partial charge in [-0.2, -0.15) is 4.31 Å². The summed E-state index contributed by atoms with van der Waals surface area (Å²) in [6.45, 7) is 7.71. The Bertz CT molecular complexity index is 589. The summed E-state index contributed by atoms with van der Waals surface area (Å²) in [7, 11) is -3.29. The standard InChI is InChI=1S/C15H24N2O3S/c1-11(2)17(21(5,19)20)7-6-15(18)16-14-9-12(3)8-13(4)10-14/h8-11H,6-7H2,1-5H3,(H,16,18). The highest BCUT2D eigenvalue weighted by Crippen LogP contribution is 2.14. The van der Waals surface area contributed by atoms with E-state index < -0.39 is 10.0 Å². The van der Waals surface area contributed by atoms with Gasteiger partial charge in [-0.25, -0.2) is 8.42 Å². The van der Waals surface area contributed by atoms with E-state index in [2.05, 4.69) is 5.32 Å². The van der Waals surface area contributed by atoms with Gasteiger partial charge >= 0.3 is 0 Å². The molecule has 0 spiro atoms. The van der Waals surface area contributed by atoms with E-state index in [1.165, 1.54) is 4.31 Å². The molecule has 0 aliphatic rings. The third-order valence-electron chi connectivity index (χ3n) is 3.07. The van der Waals surface area contributed by atoms with Gasteiger partial charge in [0.25, 0.3) is 0 Å². The van der Waals surface area contributed by atoms with E-state index in [-0.39, 0.29) is 24.9 Å². The number of hydrogen-bond donors (Lipinski definition) is 1. The summed E-state index contributed by atoms with van der Waals surface area (Å²) in [6.07, 6.45) is 1.30. The molecule has 0 bridgehead atoms. The number of hydrogen-bond acceptors (Lipinski definition) is 3. The number of benzene rings is 1. The topological polar surface area (TPSA) is 66.5 Å². The largest absolute Gasteiger partial charge is 0.326 e. The van der Waals surface area contributed by atoms with Crippen molar-refractivity contribution in [3.8, 4) is 0 Å². The van der Waals surface area contributed by atoms with Gasteiger partial charge in [-0.15, -0.1) is 0 Å². The van der Waals surface area contributed by atoms with Crippen molar-refractivity contribution < 1.29 is 13.2 Å². The maximum absolute atomic E-state index is 12.0. The van der Waals surface area contributed by atoms with Crippen molar-refractivity contribution in [2.45, 2.75) is 40.2 Å². The van der Waals surface area contributed by atoms with Crippen LogP contribution >= 0.6 is 0 Å². The Labute approximate surface area is 127 Å².